The molecule has 0 aliphatic carbocycles. The number of hydrogen-bond donors (Lipinski definition) is 3. The third-order valence-electron chi connectivity index (χ3n) is 3.25. The second-order valence-electron chi connectivity index (χ2n) is 5.50. The summed E-state index contributed by atoms with van der Waals surface area (Å²) in [6, 6.07) is 0. The summed E-state index contributed by atoms with van der Waals surface area (Å²) in [5, 5.41) is 11.5. The van der Waals surface area contributed by atoms with Crippen molar-refractivity contribution in [3.63, 3.8) is 0 Å². The van der Waals surface area contributed by atoms with Crippen molar-refractivity contribution in [3.8, 4) is 0 Å². The lowest BCUT2D eigenvalue weighted by atomic mass is 9.88. The van der Waals surface area contributed by atoms with Crippen LogP contribution in [-0.4, -0.2) is 41.3 Å². The first-order valence-electron chi connectivity index (χ1n) is 6.16. The minimum Gasteiger partial charge on any atom is -0.481 e. The zero-order valence-electron chi connectivity index (χ0n) is 11.0. The van der Waals surface area contributed by atoms with E-state index in [9.17, 15) is 9.59 Å². The zero-order chi connectivity index (χ0) is 13.8. The van der Waals surface area contributed by atoms with Gasteiger partial charge in [0.25, 0.3) is 0 Å². The highest BCUT2D eigenvalue weighted by molar-refractivity contribution is 5.86. The predicted molar refractivity (Wildman–Crippen MR) is 66.1 cm³/mol. The average molecular weight is 258 g/mol. The normalized spacial score (nSPS) is 19.3. The Bertz CT molecular complexity index is 322. The minimum atomic E-state index is -0.890. The summed E-state index contributed by atoms with van der Waals surface area (Å²) >= 11 is 0. The van der Waals surface area contributed by atoms with E-state index in [4.69, 9.17) is 15.6 Å². The number of carbonyl (C=O) groups excluding carboxylic acids is 1. The van der Waals surface area contributed by atoms with Gasteiger partial charge in [0.15, 0.2) is 0 Å². The molecule has 0 bridgehead atoms. The van der Waals surface area contributed by atoms with Crippen molar-refractivity contribution >= 4 is 11.9 Å². The van der Waals surface area contributed by atoms with E-state index in [1.165, 1.54) is 0 Å². The standard InChI is InChI=1S/C12H22N2O4/c1-11(2,4-3-9(15)16)14-10(17)12(13)5-7-18-8-6-12/h3-8,13H2,1-2H3,(H,14,17)(H,15,16). The summed E-state index contributed by atoms with van der Waals surface area (Å²) in [5.41, 5.74) is 4.60. The van der Waals surface area contributed by atoms with Crippen LogP contribution in [0.25, 0.3) is 0 Å². The monoisotopic (exact) mass is 258 g/mol. The lowest BCUT2D eigenvalue weighted by Gasteiger charge is -2.36. The largest absolute Gasteiger partial charge is 0.481 e. The van der Waals surface area contributed by atoms with Crippen LogP contribution in [0.4, 0.5) is 0 Å². The summed E-state index contributed by atoms with van der Waals surface area (Å²) < 4.78 is 5.19. The Morgan fingerprint density at radius 3 is 2.44 bits per heavy atom. The van der Waals surface area contributed by atoms with E-state index in [0.29, 0.717) is 32.5 Å². The molecule has 1 heterocycles. The van der Waals surface area contributed by atoms with Gasteiger partial charge in [-0.1, -0.05) is 0 Å². The summed E-state index contributed by atoms with van der Waals surface area (Å²) in [4.78, 5) is 22.7. The topological polar surface area (TPSA) is 102 Å². The molecule has 1 saturated heterocycles. The Labute approximate surface area is 107 Å². The van der Waals surface area contributed by atoms with E-state index >= 15 is 0 Å². The van der Waals surface area contributed by atoms with Gasteiger partial charge in [-0.2, -0.15) is 0 Å². The van der Waals surface area contributed by atoms with E-state index in [0.717, 1.165) is 0 Å². The number of hydrogen-bond acceptors (Lipinski definition) is 4. The number of nitrogens with two attached hydrogens (primary N) is 1. The van der Waals surface area contributed by atoms with Crippen LogP contribution in [0.3, 0.4) is 0 Å². The molecule has 0 unspecified atom stereocenters. The van der Waals surface area contributed by atoms with E-state index in [-0.39, 0.29) is 12.3 Å². The summed E-state index contributed by atoms with van der Waals surface area (Å²) in [5.74, 6) is -1.09. The Morgan fingerprint density at radius 1 is 1.39 bits per heavy atom. The molecule has 1 aliphatic rings. The van der Waals surface area contributed by atoms with Crippen LogP contribution >= 0.6 is 0 Å². The fourth-order valence-electron chi connectivity index (χ4n) is 1.88. The number of amides is 1. The summed E-state index contributed by atoms with van der Waals surface area (Å²) in [7, 11) is 0. The Hall–Kier alpha value is -1.14. The summed E-state index contributed by atoms with van der Waals surface area (Å²) in [6.45, 7) is 4.58. The van der Waals surface area contributed by atoms with Crippen LogP contribution in [-0.2, 0) is 14.3 Å². The SMILES string of the molecule is CC(C)(CCC(=O)O)NC(=O)C1(N)CCOCC1. The Morgan fingerprint density at radius 2 is 1.94 bits per heavy atom. The molecule has 18 heavy (non-hydrogen) atoms. The molecule has 6 nitrogen and oxygen atoms in total. The average Bonchev–Trinajstić information content (AvgIpc) is 2.27. The van der Waals surface area contributed by atoms with Gasteiger partial charge in [-0.25, -0.2) is 0 Å². The van der Waals surface area contributed by atoms with Gasteiger partial charge in [0.1, 0.15) is 0 Å². The van der Waals surface area contributed by atoms with Gasteiger partial charge in [0.2, 0.25) is 5.91 Å². The molecular formula is C12H22N2O4. The molecule has 0 saturated carbocycles. The fourth-order valence-corrected chi connectivity index (χ4v) is 1.88. The molecule has 0 atom stereocenters. The highest BCUT2D eigenvalue weighted by Gasteiger charge is 2.38. The molecule has 0 spiro atoms. The zero-order valence-corrected chi connectivity index (χ0v) is 11.0. The van der Waals surface area contributed by atoms with Gasteiger partial charge in [-0.05, 0) is 33.1 Å². The van der Waals surface area contributed by atoms with E-state index in [1.54, 1.807) is 13.8 Å². The van der Waals surface area contributed by atoms with Crippen molar-refractivity contribution in [2.24, 2.45) is 5.73 Å². The van der Waals surface area contributed by atoms with Crippen LogP contribution in [0.5, 0.6) is 0 Å². The molecule has 0 radical (unpaired) electrons. The van der Waals surface area contributed by atoms with Gasteiger partial charge in [0.05, 0.1) is 5.54 Å². The lowest BCUT2D eigenvalue weighted by Crippen LogP contribution is -2.60. The maximum atomic E-state index is 12.1. The van der Waals surface area contributed by atoms with E-state index < -0.39 is 17.0 Å². The number of carboxylic acids is 1. The van der Waals surface area contributed by atoms with Crippen LogP contribution < -0.4 is 11.1 Å². The van der Waals surface area contributed by atoms with Crippen LogP contribution in [0, 0.1) is 0 Å². The Balaban J connectivity index is 2.54. The van der Waals surface area contributed by atoms with Gasteiger partial charge in [0, 0.05) is 25.2 Å². The Kier molecular flexibility index (Phi) is 4.70. The first-order chi connectivity index (χ1) is 8.25. The van der Waals surface area contributed by atoms with Crippen molar-refractivity contribution in [2.75, 3.05) is 13.2 Å². The van der Waals surface area contributed by atoms with Gasteiger partial charge < -0.3 is 20.9 Å². The van der Waals surface area contributed by atoms with Gasteiger partial charge in [-0.15, -0.1) is 0 Å². The molecule has 1 fully saturated rings. The molecule has 4 N–H and O–H groups in total. The number of carboxylic acid groups (broad SMARTS) is 1. The van der Waals surface area contributed by atoms with Crippen LogP contribution in [0.1, 0.15) is 39.5 Å². The first kappa shape index (κ1) is 14.9. The molecule has 0 aromatic rings. The predicted octanol–water partition coefficient (Wildman–Crippen LogP) is 0.254. The molecule has 1 rings (SSSR count). The molecule has 1 aliphatic heterocycles. The second kappa shape index (κ2) is 5.67. The second-order valence-corrected chi connectivity index (χ2v) is 5.50. The van der Waals surface area contributed by atoms with Gasteiger partial charge >= 0.3 is 5.97 Å². The highest BCUT2D eigenvalue weighted by atomic mass is 16.5. The van der Waals surface area contributed by atoms with Crippen molar-refractivity contribution in [1.82, 2.24) is 5.32 Å². The van der Waals surface area contributed by atoms with Crippen molar-refractivity contribution in [3.05, 3.63) is 0 Å². The summed E-state index contributed by atoms with van der Waals surface area (Å²) in [6.07, 6.45) is 1.39. The number of rotatable bonds is 5. The third-order valence-corrected chi connectivity index (χ3v) is 3.25. The first-order valence-corrected chi connectivity index (χ1v) is 6.16. The maximum Gasteiger partial charge on any atom is 0.303 e. The third kappa shape index (κ3) is 4.27. The number of carbonyl (C=O) groups is 2. The van der Waals surface area contributed by atoms with Crippen LogP contribution in [0.15, 0.2) is 0 Å². The van der Waals surface area contributed by atoms with Gasteiger partial charge in [-0.3, -0.25) is 9.59 Å². The number of aliphatic carboxylic acids is 1. The van der Waals surface area contributed by atoms with Crippen LogP contribution in [0.2, 0.25) is 0 Å². The van der Waals surface area contributed by atoms with Crippen molar-refractivity contribution in [2.45, 2.75) is 50.6 Å². The lowest BCUT2D eigenvalue weighted by molar-refractivity contribution is -0.138. The highest BCUT2D eigenvalue weighted by Crippen LogP contribution is 2.20. The molecular weight excluding hydrogens is 236 g/mol. The minimum absolute atomic E-state index is 0.0218. The molecule has 104 valence electrons. The number of nitrogens with one attached hydrogen (secondary N) is 1. The van der Waals surface area contributed by atoms with Crippen molar-refractivity contribution < 1.29 is 19.4 Å². The van der Waals surface area contributed by atoms with E-state index in [2.05, 4.69) is 5.32 Å². The number of ether oxygens (including phenoxy) is 1. The fraction of sp³-hybridized carbons (Fsp3) is 0.833. The molecule has 6 heteroatoms. The van der Waals surface area contributed by atoms with E-state index in [1.807, 2.05) is 0 Å². The molecule has 0 aromatic heterocycles. The smallest absolute Gasteiger partial charge is 0.303 e. The van der Waals surface area contributed by atoms with Crippen molar-refractivity contribution in [1.29, 1.82) is 0 Å². The molecule has 1 amide bonds. The maximum absolute atomic E-state index is 12.1. The molecule has 0 aromatic carbocycles. The quantitative estimate of drug-likeness (QED) is 0.656.